The summed E-state index contributed by atoms with van der Waals surface area (Å²) in [5, 5.41) is 4.18. The first-order valence-electron chi connectivity index (χ1n) is 7.52. The lowest BCUT2D eigenvalue weighted by molar-refractivity contribution is 0.209. The molecule has 4 rings (SSSR count). The van der Waals surface area contributed by atoms with E-state index in [0.717, 1.165) is 42.5 Å². The van der Waals surface area contributed by atoms with Gasteiger partial charge in [0.25, 0.3) is 0 Å². The van der Waals surface area contributed by atoms with Gasteiger partial charge in [-0.05, 0) is 49.8 Å². The predicted octanol–water partition coefficient (Wildman–Crippen LogP) is 4.06. The van der Waals surface area contributed by atoms with Crippen LogP contribution in [0.1, 0.15) is 55.8 Å². The van der Waals surface area contributed by atoms with Crippen molar-refractivity contribution < 1.29 is 4.52 Å². The molecular formula is C16H19BrClN3O. The molecule has 1 aromatic heterocycles. The number of nitrogens with zero attached hydrogens (tertiary/aromatic N) is 2. The summed E-state index contributed by atoms with van der Waals surface area (Å²) < 4.78 is 6.71. The van der Waals surface area contributed by atoms with Crippen LogP contribution in [0.3, 0.4) is 0 Å². The smallest absolute Gasteiger partial charge is 0.237 e. The topological polar surface area (TPSA) is 64.9 Å². The number of aromatic nitrogens is 2. The molecule has 0 bridgehead atoms. The number of rotatable bonds is 3. The summed E-state index contributed by atoms with van der Waals surface area (Å²) in [4.78, 5) is 4.68. The first kappa shape index (κ1) is 16.0. The van der Waals surface area contributed by atoms with Gasteiger partial charge in [-0.2, -0.15) is 4.98 Å². The highest BCUT2D eigenvalue weighted by molar-refractivity contribution is 9.10. The van der Waals surface area contributed by atoms with E-state index in [1.165, 1.54) is 12.0 Å². The minimum atomic E-state index is -0.355. The largest absolute Gasteiger partial charge is 0.338 e. The Labute approximate surface area is 144 Å². The van der Waals surface area contributed by atoms with E-state index >= 15 is 0 Å². The Kier molecular flexibility index (Phi) is 4.08. The number of halogens is 2. The van der Waals surface area contributed by atoms with Gasteiger partial charge in [0.15, 0.2) is 5.82 Å². The molecule has 6 heteroatoms. The van der Waals surface area contributed by atoms with E-state index in [2.05, 4.69) is 50.3 Å². The monoisotopic (exact) mass is 383 g/mol. The zero-order valence-electron chi connectivity index (χ0n) is 12.2. The summed E-state index contributed by atoms with van der Waals surface area (Å²) in [5.74, 6) is 1.43. The fraction of sp³-hybridized carbons (Fsp3) is 0.500. The van der Waals surface area contributed by atoms with Crippen LogP contribution in [0.4, 0.5) is 0 Å². The summed E-state index contributed by atoms with van der Waals surface area (Å²) in [6.45, 7) is 0. The molecule has 2 N–H and O–H groups in total. The normalized spacial score (nSPS) is 21.4. The lowest BCUT2D eigenvalue weighted by Crippen LogP contribution is -2.44. The number of hydrogen-bond acceptors (Lipinski definition) is 4. The molecule has 2 aromatic rings. The number of benzene rings is 1. The van der Waals surface area contributed by atoms with Gasteiger partial charge in [0.05, 0.1) is 11.0 Å². The van der Waals surface area contributed by atoms with Gasteiger partial charge in [-0.1, -0.05) is 39.6 Å². The van der Waals surface area contributed by atoms with Crippen LogP contribution in [0.5, 0.6) is 0 Å². The van der Waals surface area contributed by atoms with E-state index in [0.29, 0.717) is 5.82 Å². The molecule has 1 heterocycles. The fourth-order valence-electron chi connectivity index (χ4n) is 3.33. The van der Waals surface area contributed by atoms with Crippen LogP contribution in [0.25, 0.3) is 0 Å². The molecule has 1 aromatic carbocycles. The maximum atomic E-state index is 6.31. The quantitative estimate of drug-likeness (QED) is 0.866. The molecule has 0 unspecified atom stereocenters. The molecule has 2 aliphatic carbocycles. The van der Waals surface area contributed by atoms with Crippen molar-refractivity contribution in [3.05, 3.63) is 46.0 Å². The standard InChI is InChI=1S/C16H18BrN3O.ClH/c17-12-5-3-11(4-6-12)15(7-1-8-15)14-19-13(20-21-14)16(18)9-2-10-16;/h3-6H,1-2,7-10,18H2;1H. The van der Waals surface area contributed by atoms with Gasteiger partial charge in [-0.25, -0.2) is 0 Å². The Morgan fingerprint density at radius 3 is 2.18 bits per heavy atom. The van der Waals surface area contributed by atoms with E-state index in [9.17, 15) is 0 Å². The van der Waals surface area contributed by atoms with Crippen LogP contribution in [-0.2, 0) is 11.0 Å². The molecule has 4 nitrogen and oxygen atoms in total. The summed E-state index contributed by atoms with van der Waals surface area (Å²) in [5.41, 5.74) is 7.10. The minimum absolute atomic E-state index is 0. The van der Waals surface area contributed by atoms with Crippen molar-refractivity contribution in [3.8, 4) is 0 Å². The van der Waals surface area contributed by atoms with E-state index in [1.54, 1.807) is 0 Å². The van der Waals surface area contributed by atoms with E-state index in [-0.39, 0.29) is 23.4 Å². The lowest BCUT2D eigenvalue weighted by atomic mass is 9.64. The third-order valence-electron chi connectivity index (χ3n) is 5.13. The molecule has 0 atom stereocenters. The van der Waals surface area contributed by atoms with Crippen LogP contribution in [0.2, 0.25) is 0 Å². The molecular weight excluding hydrogens is 366 g/mol. The maximum absolute atomic E-state index is 6.31. The van der Waals surface area contributed by atoms with Gasteiger partial charge in [-0.3, -0.25) is 0 Å². The lowest BCUT2D eigenvalue weighted by Gasteiger charge is -2.39. The van der Waals surface area contributed by atoms with E-state index in [4.69, 9.17) is 10.3 Å². The summed E-state index contributed by atoms with van der Waals surface area (Å²) in [6.07, 6.45) is 6.38. The summed E-state index contributed by atoms with van der Waals surface area (Å²) in [7, 11) is 0. The predicted molar refractivity (Wildman–Crippen MR) is 90.0 cm³/mol. The van der Waals surface area contributed by atoms with Gasteiger partial charge < -0.3 is 10.3 Å². The van der Waals surface area contributed by atoms with Crippen molar-refractivity contribution in [1.29, 1.82) is 0 Å². The second-order valence-electron chi connectivity index (χ2n) is 6.38. The molecule has 0 spiro atoms. The zero-order valence-corrected chi connectivity index (χ0v) is 14.6. The van der Waals surface area contributed by atoms with E-state index < -0.39 is 0 Å². The van der Waals surface area contributed by atoms with Crippen molar-refractivity contribution in [1.82, 2.24) is 10.1 Å². The SMILES string of the molecule is Cl.NC1(c2noc(C3(c4ccc(Br)cc4)CCC3)n2)CCC1. The number of nitrogens with two attached hydrogens (primary N) is 1. The van der Waals surface area contributed by atoms with Crippen molar-refractivity contribution in [2.75, 3.05) is 0 Å². The van der Waals surface area contributed by atoms with Crippen molar-refractivity contribution >= 4 is 28.3 Å². The van der Waals surface area contributed by atoms with Crippen LogP contribution >= 0.6 is 28.3 Å². The molecule has 0 amide bonds. The molecule has 118 valence electrons. The third kappa shape index (κ3) is 2.30. The van der Waals surface area contributed by atoms with Crippen molar-refractivity contribution in [2.24, 2.45) is 5.73 Å². The minimum Gasteiger partial charge on any atom is -0.338 e. The Morgan fingerprint density at radius 2 is 1.68 bits per heavy atom. The average Bonchev–Trinajstić information content (AvgIpc) is 2.87. The highest BCUT2D eigenvalue weighted by atomic mass is 79.9. The van der Waals surface area contributed by atoms with E-state index in [1.807, 2.05) is 0 Å². The fourth-order valence-corrected chi connectivity index (χ4v) is 3.59. The second kappa shape index (κ2) is 5.62. The highest BCUT2D eigenvalue weighted by Crippen LogP contribution is 2.49. The van der Waals surface area contributed by atoms with Crippen LogP contribution in [0.15, 0.2) is 33.3 Å². The Hall–Kier alpha value is -0.910. The van der Waals surface area contributed by atoms with Gasteiger partial charge in [-0.15, -0.1) is 12.4 Å². The van der Waals surface area contributed by atoms with Crippen LogP contribution in [0, 0.1) is 0 Å². The van der Waals surface area contributed by atoms with Crippen LogP contribution < -0.4 is 5.73 Å². The van der Waals surface area contributed by atoms with Gasteiger partial charge in [0, 0.05) is 4.47 Å². The second-order valence-corrected chi connectivity index (χ2v) is 7.29. The van der Waals surface area contributed by atoms with Crippen molar-refractivity contribution in [2.45, 2.75) is 49.5 Å². The van der Waals surface area contributed by atoms with Gasteiger partial charge in [0.2, 0.25) is 5.89 Å². The Balaban J connectivity index is 0.00000144. The maximum Gasteiger partial charge on any atom is 0.237 e. The highest BCUT2D eigenvalue weighted by Gasteiger charge is 2.47. The van der Waals surface area contributed by atoms with Crippen LogP contribution in [-0.4, -0.2) is 10.1 Å². The third-order valence-corrected chi connectivity index (χ3v) is 5.66. The zero-order chi connectivity index (χ0) is 14.5. The Morgan fingerprint density at radius 1 is 1.05 bits per heavy atom. The van der Waals surface area contributed by atoms with Gasteiger partial charge >= 0.3 is 0 Å². The van der Waals surface area contributed by atoms with Gasteiger partial charge in [0.1, 0.15) is 0 Å². The first-order valence-corrected chi connectivity index (χ1v) is 8.31. The van der Waals surface area contributed by atoms with Crippen molar-refractivity contribution in [3.63, 3.8) is 0 Å². The molecule has 2 saturated carbocycles. The average molecular weight is 385 g/mol. The molecule has 0 aliphatic heterocycles. The molecule has 2 fully saturated rings. The molecule has 22 heavy (non-hydrogen) atoms. The summed E-state index contributed by atoms with van der Waals surface area (Å²) >= 11 is 3.49. The number of hydrogen-bond donors (Lipinski definition) is 1. The summed E-state index contributed by atoms with van der Waals surface area (Å²) in [6, 6.07) is 8.44. The first-order chi connectivity index (χ1) is 10.1. The molecule has 2 aliphatic rings. The molecule has 0 saturated heterocycles. The molecule has 0 radical (unpaired) electrons. The Bertz CT molecular complexity index is 662.